The fraction of sp³-hybridized carbons (Fsp3) is 0.100. The van der Waals surface area contributed by atoms with Crippen molar-refractivity contribution in [2.45, 2.75) is 6.92 Å². The van der Waals surface area contributed by atoms with Gasteiger partial charge in [-0.15, -0.1) is 0 Å². The molecule has 0 radical (unpaired) electrons. The molecule has 0 aliphatic carbocycles. The molecule has 1 aromatic carbocycles. The summed E-state index contributed by atoms with van der Waals surface area (Å²) in [6, 6.07) is 4.28. The lowest BCUT2D eigenvalue weighted by Crippen LogP contribution is -2.19. The summed E-state index contributed by atoms with van der Waals surface area (Å²) >= 11 is 0.801. The molecule has 0 fully saturated rings. The highest BCUT2D eigenvalue weighted by Gasteiger charge is 2.14. The van der Waals surface area contributed by atoms with Crippen molar-refractivity contribution in [2.75, 3.05) is 0 Å². The van der Waals surface area contributed by atoms with Crippen molar-refractivity contribution in [3.8, 4) is 11.5 Å². The molecular weight excluding hydrogens is 278 g/mol. The first-order valence-corrected chi connectivity index (χ1v) is 7.05. The van der Waals surface area contributed by atoms with Crippen molar-refractivity contribution >= 4 is 31.7 Å². The number of phenolic OH excluding ortho intramolecular Hbond substituents is 1. The normalized spacial score (nSPS) is 11.7. The van der Waals surface area contributed by atoms with Crippen LogP contribution in [0, 0.1) is 6.92 Å². The van der Waals surface area contributed by atoms with E-state index in [1.807, 2.05) is 0 Å². The van der Waals surface area contributed by atoms with Gasteiger partial charge in [0.05, 0.1) is 4.70 Å². The van der Waals surface area contributed by atoms with E-state index in [9.17, 15) is 18.3 Å². The molecule has 0 saturated carbocycles. The van der Waals surface area contributed by atoms with Crippen LogP contribution in [-0.2, 0) is 10.3 Å². The molecular formula is C10H9NO5S2. The molecule has 0 aliphatic heterocycles. The van der Waals surface area contributed by atoms with Gasteiger partial charge in [0.2, 0.25) is 4.74 Å². The van der Waals surface area contributed by atoms with E-state index in [0.29, 0.717) is 10.9 Å². The molecule has 0 saturated heterocycles. The van der Waals surface area contributed by atoms with Crippen LogP contribution in [0.2, 0.25) is 0 Å². The Bertz CT molecular complexity index is 779. The van der Waals surface area contributed by atoms with Crippen LogP contribution in [0.1, 0.15) is 5.56 Å². The van der Waals surface area contributed by atoms with E-state index >= 15 is 0 Å². The van der Waals surface area contributed by atoms with Crippen molar-refractivity contribution in [3.05, 3.63) is 33.3 Å². The largest absolute Gasteiger partial charge is 0.503 e. The highest BCUT2D eigenvalue weighted by molar-refractivity contribution is 7.84. The summed E-state index contributed by atoms with van der Waals surface area (Å²) in [5.74, 6) is -0.710. The van der Waals surface area contributed by atoms with Crippen LogP contribution in [0.15, 0.2) is 23.0 Å². The van der Waals surface area contributed by atoms with Crippen molar-refractivity contribution in [2.24, 2.45) is 5.14 Å². The second-order valence-electron chi connectivity index (χ2n) is 3.61. The molecule has 2 aromatic rings. The maximum absolute atomic E-state index is 11.4. The number of aryl methyl sites for hydroxylation is 1. The van der Waals surface area contributed by atoms with Crippen molar-refractivity contribution in [3.63, 3.8) is 0 Å². The molecule has 0 aliphatic rings. The maximum Gasteiger partial charge on any atom is 0.380 e. The molecule has 2 rings (SSSR count). The van der Waals surface area contributed by atoms with Crippen molar-refractivity contribution in [1.82, 2.24) is 0 Å². The highest BCUT2D eigenvalue weighted by Crippen LogP contribution is 2.37. The number of rotatable bonds is 2. The monoisotopic (exact) mass is 287 g/mol. The first kappa shape index (κ1) is 12.8. The number of nitrogens with two attached hydrogens (primary N) is 1. The number of phenols is 1. The number of hydrogen-bond donors (Lipinski definition) is 2. The number of benzene rings is 1. The Morgan fingerprint density at radius 1 is 1.39 bits per heavy atom. The molecule has 0 atom stereocenters. The van der Waals surface area contributed by atoms with Crippen molar-refractivity contribution < 1.29 is 17.7 Å². The Hall–Kier alpha value is -1.64. The maximum atomic E-state index is 11.4. The second-order valence-corrected chi connectivity index (χ2v) is 5.78. The minimum atomic E-state index is -4.22. The molecule has 1 aromatic heterocycles. The van der Waals surface area contributed by atoms with E-state index in [1.54, 1.807) is 13.0 Å². The molecule has 1 heterocycles. The fourth-order valence-corrected chi connectivity index (χ4v) is 2.90. The predicted molar refractivity (Wildman–Crippen MR) is 68.2 cm³/mol. The predicted octanol–water partition coefficient (Wildman–Crippen LogP) is 0.858. The van der Waals surface area contributed by atoms with E-state index in [1.165, 1.54) is 12.1 Å². The van der Waals surface area contributed by atoms with E-state index in [4.69, 9.17) is 5.14 Å². The number of fused-ring (bicyclic) bond motifs is 1. The van der Waals surface area contributed by atoms with Crippen LogP contribution < -0.4 is 14.1 Å². The summed E-state index contributed by atoms with van der Waals surface area (Å²) in [5, 5.41) is 15.3. The molecule has 8 heteroatoms. The zero-order valence-electron chi connectivity index (χ0n) is 9.21. The quantitative estimate of drug-likeness (QED) is 0.851. The molecule has 0 unspecified atom stereocenters. The Morgan fingerprint density at radius 2 is 2.06 bits per heavy atom. The van der Waals surface area contributed by atoms with E-state index in [-0.39, 0.29) is 15.2 Å². The van der Waals surface area contributed by atoms with E-state index < -0.39 is 16.1 Å². The van der Waals surface area contributed by atoms with Gasteiger partial charge >= 0.3 is 10.3 Å². The Balaban J connectivity index is 2.75. The minimum absolute atomic E-state index is 0.247. The van der Waals surface area contributed by atoms with Crippen LogP contribution in [0.4, 0.5) is 0 Å². The standard InChI is InChI=1S/C10H9NO5S2/c1-5-4-8(12)17-10-6(5)2-3-7(9(10)13)16-18(11,14)15/h2-4,13H,1H3,(H2,11,14,15). The Kier molecular flexibility index (Phi) is 3.01. The molecule has 3 N–H and O–H groups in total. The minimum Gasteiger partial charge on any atom is -0.503 e. The zero-order valence-corrected chi connectivity index (χ0v) is 10.8. The van der Waals surface area contributed by atoms with Gasteiger partial charge in [-0.25, -0.2) is 0 Å². The average molecular weight is 287 g/mol. The molecule has 18 heavy (non-hydrogen) atoms. The van der Waals surface area contributed by atoms with Gasteiger partial charge in [-0.1, -0.05) is 11.3 Å². The fourth-order valence-electron chi connectivity index (χ4n) is 1.54. The lowest BCUT2D eigenvalue weighted by atomic mass is 10.1. The van der Waals surface area contributed by atoms with E-state index in [2.05, 4.69) is 4.18 Å². The number of aromatic hydroxyl groups is 1. The second kappa shape index (κ2) is 4.23. The smallest absolute Gasteiger partial charge is 0.380 e. The summed E-state index contributed by atoms with van der Waals surface area (Å²) in [7, 11) is -4.22. The lowest BCUT2D eigenvalue weighted by Gasteiger charge is -2.08. The third-order valence-corrected chi connectivity index (χ3v) is 3.61. The molecule has 0 bridgehead atoms. The lowest BCUT2D eigenvalue weighted by molar-refractivity contribution is 0.434. The van der Waals surface area contributed by atoms with Gasteiger partial charge < -0.3 is 9.29 Å². The first-order valence-electron chi connectivity index (χ1n) is 4.76. The molecule has 96 valence electrons. The topological polar surface area (TPSA) is 107 Å². The van der Waals surface area contributed by atoms with Crippen molar-refractivity contribution in [1.29, 1.82) is 0 Å². The van der Waals surface area contributed by atoms with Crippen LogP contribution in [0.3, 0.4) is 0 Å². The van der Waals surface area contributed by atoms with E-state index in [0.717, 1.165) is 11.3 Å². The molecule has 0 spiro atoms. The summed E-state index contributed by atoms with van der Waals surface area (Å²) in [4.78, 5) is 11.4. The zero-order chi connectivity index (χ0) is 13.5. The van der Waals surface area contributed by atoms with Crippen LogP contribution in [0.25, 0.3) is 10.1 Å². The average Bonchev–Trinajstić information content (AvgIpc) is 2.21. The van der Waals surface area contributed by atoms with Gasteiger partial charge in [0.1, 0.15) is 0 Å². The summed E-state index contributed by atoms with van der Waals surface area (Å²) in [6.07, 6.45) is 0. The highest BCUT2D eigenvalue weighted by atomic mass is 32.2. The van der Waals surface area contributed by atoms with Gasteiger partial charge in [-0.05, 0) is 36.1 Å². The SMILES string of the molecule is Cc1cc(=O)sc2c(O)c(OS(N)(=O)=O)ccc12. The van der Waals surface area contributed by atoms with Crippen LogP contribution in [0.5, 0.6) is 11.5 Å². The van der Waals surface area contributed by atoms with Crippen LogP contribution >= 0.6 is 11.3 Å². The number of hydrogen-bond acceptors (Lipinski definition) is 6. The first-order chi connectivity index (χ1) is 8.28. The summed E-state index contributed by atoms with van der Waals surface area (Å²) in [6.45, 7) is 1.72. The third-order valence-electron chi connectivity index (χ3n) is 2.26. The Labute approximate surface area is 107 Å². The summed E-state index contributed by atoms with van der Waals surface area (Å²) in [5.41, 5.74) is 0.686. The van der Waals surface area contributed by atoms with Gasteiger partial charge in [0.25, 0.3) is 0 Å². The summed E-state index contributed by atoms with van der Waals surface area (Å²) < 4.78 is 26.1. The van der Waals surface area contributed by atoms with Gasteiger partial charge in [-0.3, -0.25) is 4.79 Å². The third kappa shape index (κ3) is 2.45. The van der Waals surface area contributed by atoms with Crippen LogP contribution in [-0.4, -0.2) is 13.5 Å². The van der Waals surface area contributed by atoms with Gasteiger partial charge in [-0.2, -0.15) is 13.6 Å². The van der Waals surface area contributed by atoms with Gasteiger partial charge in [0.15, 0.2) is 11.5 Å². The Morgan fingerprint density at radius 3 is 2.67 bits per heavy atom. The van der Waals surface area contributed by atoms with Gasteiger partial charge in [0, 0.05) is 0 Å². The molecule has 0 amide bonds. The molecule has 6 nitrogen and oxygen atoms in total.